The molecule has 2 aromatic carbocycles. The molecule has 0 atom stereocenters. The van der Waals surface area contributed by atoms with Gasteiger partial charge < -0.3 is 24.8 Å². The van der Waals surface area contributed by atoms with Crippen molar-refractivity contribution >= 4 is 17.5 Å². The van der Waals surface area contributed by atoms with E-state index in [0.29, 0.717) is 29.8 Å². The highest BCUT2D eigenvalue weighted by molar-refractivity contribution is 5.64. The van der Waals surface area contributed by atoms with E-state index in [4.69, 9.17) is 14.2 Å². The van der Waals surface area contributed by atoms with Gasteiger partial charge >= 0.3 is 0 Å². The lowest BCUT2D eigenvalue weighted by Gasteiger charge is -2.13. The largest absolute Gasteiger partial charge is 0.497 e. The minimum absolute atomic E-state index is 0.462. The van der Waals surface area contributed by atoms with Crippen LogP contribution in [0.3, 0.4) is 0 Å². The maximum Gasteiger partial charge on any atom is 0.229 e. The molecular formula is C20H22N4O3. The number of hydrogen-bond acceptors (Lipinski definition) is 7. The Hall–Kier alpha value is -3.48. The predicted octanol–water partition coefficient (Wildman–Crippen LogP) is 3.86. The van der Waals surface area contributed by atoms with E-state index in [1.54, 1.807) is 33.6 Å². The molecule has 1 aromatic heterocycles. The van der Waals surface area contributed by atoms with Crippen molar-refractivity contribution in [1.82, 2.24) is 9.97 Å². The van der Waals surface area contributed by atoms with Crippen molar-refractivity contribution in [3.8, 4) is 17.2 Å². The van der Waals surface area contributed by atoms with Crippen molar-refractivity contribution in [2.24, 2.45) is 0 Å². The van der Waals surface area contributed by atoms with Gasteiger partial charge in [0.05, 0.1) is 27.0 Å². The van der Waals surface area contributed by atoms with Gasteiger partial charge in [0.2, 0.25) is 5.95 Å². The molecular weight excluding hydrogens is 344 g/mol. The third-order valence-electron chi connectivity index (χ3n) is 3.96. The average molecular weight is 366 g/mol. The van der Waals surface area contributed by atoms with E-state index in [2.05, 4.69) is 20.6 Å². The van der Waals surface area contributed by atoms with E-state index in [0.717, 1.165) is 17.0 Å². The minimum Gasteiger partial charge on any atom is -0.497 e. The van der Waals surface area contributed by atoms with Crippen molar-refractivity contribution in [3.05, 3.63) is 60.3 Å². The Labute approximate surface area is 158 Å². The van der Waals surface area contributed by atoms with Crippen LogP contribution in [0.5, 0.6) is 17.2 Å². The first-order valence-electron chi connectivity index (χ1n) is 8.41. The van der Waals surface area contributed by atoms with Gasteiger partial charge in [-0.25, -0.2) is 4.98 Å². The second-order valence-electron chi connectivity index (χ2n) is 5.62. The maximum atomic E-state index is 5.39. The van der Waals surface area contributed by atoms with Gasteiger partial charge in [-0.1, -0.05) is 18.2 Å². The SMILES string of the molecule is COc1ccc(Nc2nccc(NCc3ccccc3OC)n2)c(OC)c1. The van der Waals surface area contributed by atoms with E-state index in [-0.39, 0.29) is 0 Å². The number of nitrogens with one attached hydrogen (secondary N) is 2. The number of hydrogen-bond donors (Lipinski definition) is 2. The summed E-state index contributed by atoms with van der Waals surface area (Å²) in [6.07, 6.45) is 1.69. The van der Waals surface area contributed by atoms with Crippen molar-refractivity contribution in [2.75, 3.05) is 32.0 Å². The van der Waals surface area contributed by atoms with Crippen molar-refractivity contribution in [2.45, 2.75) is 6.54 Å². The highest BCUT2D eigenvalue weighted by Gasteiger charge is 2.08. The molecule has 0 bridgehead atoms. The van der Waals surface area contributed by atoms with Crippen molar-refractivity contribution in [3.63, 3.8) is 0 Å². The Morgan fingerprint density at radius 2 is 1.70 bits per heavy atom. The second-order valence-corrected chi connectivity index (χ2v) is 5.62. The van der Waals surface area contributed by atoms with E-state index < -0.39 is 0 Å². The number of benzene rings is 2. The highest BCUT2D eigenvalue weighted by atomic mass is 16.5. The van der Waals surface area contributed by atoms with Gasteiger partial charge in [0, 0.05) is 24.4 Å². The normalized spacial score (nSPS) is 10.2. The quantitative estimate of drug-likeness (QED) is 0.627. The number of nitrogens with zero attached hydrogens (tertiary/aromatic N) is 2. The molecule has 140 valence electrons. The standard InChI is InChI=1S/C20H22N4O3/c1-25-15-8-9-16(18(12-15)27-3)23-20-21-11-10-19(24-20)22-13-14-6-4-5-7-17(14)26-2/h4-12H,13H2,1-3H3,(H2,21,22,23,24). The first-order valence-corrected chi connectivity index (χ1v) is 8.41. The zero-order chi connectivity index (χ0) is 19.1. The summed E-state index contributed by atoms with van der Waals surface area (Å²) < 4.78 is 16.0. The Kier molecular flexibility index (Phi) is 5.94. The smallest absolute Gasteiger partial charge is 0.229 e. The molecule has 7 heteroatoms. The third kappa shape index (κ3) is 4.58. The highest BCUT2D eigenvalue weighted by Crippen LogP contribution is 2.30. The molecule has 0 aliphatic carbocycles. The molecule has 0 radical (unpaired) electrons. The Bertz CT molecular complexity index is 902. The summed E-state index contributed by atoms with van der Waals surface area (Å²) in [5.41, 5.74) is 1.80. The lowest BCUT2D eigenvalue weighted by atomic mass is 10.2. The monoisotopic (exact) mass is 366 g/mol. The number of methoxy groups -OCH3 is 3. The van der Waals surface area contributed by atoms with Gasteiger partial charge in [-0.2, -0.15) is 4.98 Å². The fraction of sp³-hybridized carbons (Fsp3) is 0.200. The van der Waals surface area contributed by atoms with E-state index >= 15 is 0 Å². The van der Waals surface area contributed by atoms with Crippen LogP contribution in [0.4, 0.5) is 17.5 Å². The molecule has 27 heavy (non-hydrogen) atoms. The van der Waals surface area contributed by atoms with Crippen LogP contribution in [0.15, 0.2) is 54.7 Å². The Balaban J connectivity index is 1.72. The second kappa shape index (κ2) is 8.75. The average Bonchev–Trinajstić information content (AvgIpc) is 2.73. The summed E-state index contributed by atoms with van der Waals surface area (Å²) in [6.45, 7) is 0.590. The van der Waals surface area contributed by atoms with Crippen LogP contribution in [0.1, 0.15) is 5.56 Å². The number of ether oxygens (including phenoxy) is 3. The maximum absolute atomic E-state index is 5.39. The summed E-state index contributed by atoms with van der Waals surface area (Å²) in [4.78, 5) is 8.76. The fourth-order valence-corrected chi connectivity index (χ4v) is 2.57. The van der Waals surface area contributed by atoms with Crippen LogP contribution in [-0.4, -0.2) is 31.3 Å². The topological polar surface area (TPSA) is 77.5 Å². The van der Waals surface area contributed by atoms with Gasteiger partial charge in [0.25, 0.3) is 0 Å². The van der Waals surface area contributed by atoms with Crippen LogP contribution in [-0.2, 0) is 6.54 Å². The van der Waals surface area contributed by atoms with Gasteiger partial charge in [0.1, 0.15) is 23.1 Å². The molecule has 3 aromatic rings. The molecule has 0 amide bonds. The lowest BCUT2D eigenvalue weighted by molar-refractivity contribution is 0.395. The predicted molar refractivity (Wildman–Crippen MR) is 105 cm³/mol. The van der Waals surface area contributed by atoms with Gasteiger partial charge in [-0.05, 0) is 24.3 Å². The molecule has 0 saturated carbocycles. The van der Waals surface area contributed by atoms with Gasteiger partial charge in [-0.3, -0.25) is 0 Å². The van der Waals surface area contributed by atoms with Crippen LogP contribution < -0.4 is 24.8 Å². The summed E-state index contributed by atoms with van der Waals surface area (Å²) in [5, 5.41) is 6.45. The summed E-state index contributed by atoms with van der Waals surface area (Å²) in [7, 11) is 4.88. The zero-order valence-electron chi connectivity index (χ0n) is 15.5. The number of rotatable bonds is 8. The summed E-state index contributed by atoms with van der Waals surface area (Å²) in [5.74, 6) is 3.35. The molecule has 3 rings (SSSR count). The zero-order valence-corrected chi connectivity index (χ0v) is 15.5. The number of anilines is 3. The van der Waals surface area contributed by atoms with Crippen LogP contribution in [0.2, 0.25) is 0 Å². The molecule has 0 fully saturated rings. The molecule has 0 saturated heterocycles. The van der Waals surface area contributed by atoms with Crippen LogP contribution in [0, 0.1) is 0 Å². The van der Waals surface area contributed by atoms with E-state index in [1.807, 2.05) is 42.5 Å². The van der Waals surface area contributed by atoms with E-state index in [9.17, 15) is 0 Å². The number of aromatic nitrogens is 2. The van der Waals surface area contributed by atoms with Gasteiger partial charge in [-0.15, -0.1) is 0 Å². The van der Waals surface area contributed by atoms with Crippen molar-refractivity contribution in [1.29, 1.82) is 0 Å². The van der Waals surface area contributed by atoms with Crippen LogP contribution in [0.25, 0.3) is 0 Å². The van der Waals surface area contributed by atoms with Gasteiger partial charge in [0.15, 0.2) is 0 Å². The molecule has 1 heterocycles. The summed E-state index contributed by atoms with van der Waals surface area (Å²) >= 11 is 0. The van der Waals surface area contributed by atoms with E-state index in [1.165, 1.54) is 0 Å². The molecule has 0 spiro atoms. The lowest BCUT2D eigenvalue weighted by Crippen LogP contribution is -2.05. The van der Waals surface area contributed by atoms with Crippen LogP contribution >= 0.6 is 0 Å². The Morgan fingerprint density at radius 1 is 0.889 bits per heavy atom. The molecule has 0 aliphatic rings. The molecule has 7 nitrogen and oxygen atoms in total. The molecule has 0 unspecified atom stereocenters. The van der Waals surface area contributed by atoms with Crippen molar-refractivity contribution < 1.29 is 14.2 Å². The number of para-hydroxylation sites is 1. The molecule has 2 N–H and O–H groups in total. The summed E-state index contributed by atoms with van der Waals surface area (Å²) in [6, 6.07) is 15.2. The third-order valence-corrected chi connectivity index (χ3v) is 3.96. The fourth-order valence-electron chi connectivity index (χ4n) is 2.57. The molecule has 0 aliphatic heterocycles. The Morgan fingerprint density at radius 3 is 2.48 bits per heavy atom. The minimum atomic E-state index is 0.462. The first kappa shape index (κ1) is 18.3. The first-order chi connectivity index (χ1) is 13.2.